The molecule has 4 rings (SSSR count). The lowest BCUT2D eigenvalue weighted by Crippen LogP contribution is -2.55. The molecule has 0 aliphatic carbocycles. The molecule has 0 spiro atoms. The average Bonchev–Trinajstić information content (AvgIpc) is 3.10. The number of phenols is 1. The number of esters is 3. The van der Waals surface area contributed by atoms with Crippen molar-refractivity contribution >= 4 is 29.5 Å². The second-order valence-corrected chi connectivity index (χ2v) is 12.2. The molecule has 9 nitrogen and oxygen atoms in total. The number of halogens is 1. The lowest BCUT2D eigenvalue weighted by atomic mass is 9.78. The minimum absolute atomic E-state index is 0.0525. The molecule has 50 heavy (non-hydrogen) atoms. The van der Waals surface area contributed by atoms with Crippen molar-refractivity contribution in [1.82, 2.24) is 0 Å². The molecule has 0 saturated carbocycles. The van der Waals surface area contributed by atoms with E-state index >= 15 is 0 Å². The van der Waals surface area contributed by atoms with Crippen LogP contribution in [0, 0.1) is 29.5 Å². The number of phenolic OH excluding ortho intramolecular Hbond substituents is 1. The van der Waals surface area contributed by atoms with Crippen LogP contribution in [-0.2, 0) is 33.4 Å². The van der Waals surface area contributed by atoms with E-state index in [-0.39, 0.29) is 37.3 Å². The van der Waals surface area contributed by atoms with E-state index in [9.17, 15) is 28.7 Å². The van der Waals surface area contributed by atoms with Crippen LogP contribution in [0.4, 0.5) is 10.1 Å². The van der Waals surface area contributed by atoms with Crippen LogP contribution in [0.15, 0.2) is 72.8 Å². The van der Waals surface area contributed by atoms with Gasteiger partial charge in [0.15, 0.2) is 5.92 Å². The lowest BCUT2D eigenvalue weighted by molar-refractivity contribution is -0.162. The second-order valence-electron chi connectivity index (χ2n) is 12.2. The molecule has 10 heteroatoms. The first-order chi connectivity index (χ1) is 24.1. The third kappa shape index (κ3) is 10.2. The van der Waals surface area contributed by atoms with Gasteiger partial charge in [-0.2, -0.15) is 0 Å². The maximum absolute atomic E-state index is 13.6. The molecule has 0 unspecified atom stereocenters. The van der Waals surface area contributed by atoms with Gasteiger partial charge in [0.05, 0.1) is 25.2 Å². The molecular weight excluding hydrogens is 641 g/mol. The van der Waals surface area contributed by atoms with Gasteiger partial charge in [0.2, 0.25) is 5.91 Å². The normalized spacial score (nSPS) is 15.8. The van der Waals surface area contributed by atoms with E-state index < -0.39 is 41.7 Å². The van der Waals surface area contributed by atoms with Gasteiger partial charge >= 0.3 is 17.9 Å². The number of carbonyl (C=O) groups is 4. The van der Waals surface area contributed by atoms with E-state index in [4.69, 9.17) is 14.2 Å². The minimum Gasteiger partial charge on any atom is -0.508 e. The number of benzene rings is 3. The molecule has 264 valence electrons. The van der Waals surface area contributed by atoms with Crippen LogP contribution in [-0.4, -0.2) is 42.1 Å². The third-order valence-corrected chi connectivity index (χ3v) is 8.48. The standard InChI is InChI=1S/C40H44FNO8/c1-4-6-25-48-39(46)35(40(47)49-26-7-5-2)10-8-9-28-11-13-30(14-12-28)37-34(38(45)42(37)32-19-21-33(44)22-20-32)23-24-36(50-27(3)43)29-15-17-31(41)18-16-29/h11-22,34-37,44H,4-7,10,23-26H2,1-3H3/t34-,36+,37-/m1/s1. The van der Waals surface area contributed by atoms with Gasteiger partial charge in [-0.15, -0.1) is 0 Å². The van der Waals surface area contributed by atoms with Gasteiger partial charge in [-0.25, -0.2) is 4.39 Å². The van der Waals surface area contributed by atoms with Crippen LogP contribution >= 0.6 is 0 Å². The maximum atomic E-state index is 13.6. The first-order valence-electron chi connectivity index (χ1n) is 17.1. The summed E-state index contributed by atoms with van der Waals surface area (Å²) in [6, 6.07) is 19.1. The Kier molecular flexibility index (Phi) is 14.0. The summed E-state index contributed by atoms with van der Waals surface area (Å²) >= 11 is 0. The first-order valence-corrected chi connectivity index (χ1v) is 17.1. The Labute approximate surface area is 292 Å². The van der Waals surface area contributed by atoms with E-state index in [1.54, 1.807) is 29.2 Å². The number of rotatable bonds is 16. The number of anilines is 1. The van der Waals surface area contributed by atoms with Crippen molar-refractivity contribution in [3.63, 3.8) is 0 Å². The van der Waals surface area contributed by atoms with Gasteiger partial charge in [-0.05, 0) is 85.3 Å². The Morgan fingerprint density at radius 1 is 0.880 bits per heavy atom. The summed E-state index contributed by atoms with van der Waals surface area (Å²) in [6.45, 7) is 5.72. The summed E-state index contributed by atoms with van der Waals surface area (Å²) in [6.07, 6.45) is 3.11. The number of hydrogen-bond acceptors (Lipinski definition) is 8. The highest BCUT2D eigenvalue weighted by atomic mass is 19.1. The van der Waals surface area contributed by atoms with Crippen molar-refractivity contribution in [2.45, 2.75) is 77.9 Å². The molecule has 3 aromatic carbocycles. The van der Waals surface area contributed by atoms with Gasteiger partial charge in [-0.1, -0.05) is 62.8 Å². The zero-order valence-electron chi connectivity index (χ0n) is 28.7. The van der Waals surface area contributed by atoms with Crippen molar-refractivity contribution < 1.29 is 42.9 Å². The van der Waals surface area contributed by atoms with Gasteiger partial charge < -0.3 is 24.2 Å². The molecule has 1 aliphatic rings. The zero-order chi connectivity index (χ0) is 36.0. The number of carbonyl (C=O) groups excluding carboxylic acids is 4. The number of unbranched alkanes of at least 4 members (excludes halogenated alkanes) is 2. The predicted molar refractivity (Wildman–Crippen MR) is 185 cm³/mol. The number of ether oxygens (including phenoxy) is 3. The first kappa shape index (κ1) is 37.6. The summed E-state index contributed by atoms with van der Waals surface area (Å²) in [5.41, 5.74) is 2.75. The number of aromatic hydroxyl groups is 1. The fourth-order valence-corrected chi connectivity index (χ4v) is 5.73. The molecule has 3 aromatic rings. The monoisotopic (exact) mass is 685 g/mol. The number of β-lactam (4-membered cyclic amide) rings is 1. The van der Waals surface area contributed by atoms with Gasteiger partial charge in [0.25, 0.3) is 0 Å². The third-order valence-electron chi connectivity index (χ3n) is 8.48. The van der Waals surface area contributed by atoms with Crippen LogP contribution in [0.1, 0.15) is 94.6 Å². The quantitative estimate of drug-likeness (QED) is 0.0415. The highest BCUT2D eigenvalue weighted by Gasteiger charge is 2.48. The van der Waals surface area contributed by atoms with E-state index in [1.165, 1.54) is 31.2 Å². The van der Waals surface area contributed by atoms with Crippen molar-refractivity contribution in [1.29, 1.82) is 0 Å². The summed E-state index contributed by atoms with van der Waals surface area (Å²) < 4.78 is 29.7. The summed E-state index contributed by atoms with van der Waals surface area (Å²) in [4.78, 5) is 52.5. The molecular formula is C40H44FNO8. The van der Waals surface area contributed by atoms with Crippen LogP contribution in [0.2, 0.25) is 0 Å². The molecule has 0 aromatic heterocycles. The Bertz CT molecular complexity index is 1640. The minimum atomic E-state index is -1.14. The molecule has 1 N–H and O–H groups in total. The van der Waals surface area contributed by atoms with Crippen LogP contribution < -0.4 is 4.90 Å². The number of nitrogens with zero attached hydrogens (tertiary/aromatic N) is 1. The zero-order valence-corrected chi connectivity index (χ0v) is 28.7. The highest BCUT2D eigenvalue weighted by molar-refractivity contribution is 6.03. The van der Waals surface area contributed by atoms with Crippen molar-refractivity contribution in [2.24, 2.45) is 11.8 Å². The molecule has 0 bridgehead atoms. The van der Waals surface area contributed by atoms with Crippen molar-refractivity contribution in [3.8, 4) is 17.6 Å². The summed E-state index contributed by atoms with van der Waals surface area (Å²) in [5.74, 6) is 2.16. The van der Waals surface area contributed by atoms with Crippen LogP contribution in [0.3, 0.4) is 0 Å². The number of amides is 1. The fraction of sp³-hybridized carbons (Fsp3) is 0.400. The van der Waals surface area contributed by atoms with E-state index in [0.717, 1.165) is 18.4 Å². The Morgan fingerprint density at radius 2 is 1.48 bits per heavy atom. The van der Waals surface area contributed by atoms with Crippen molar-refractivity contribution in [2.75, 3.05) is 18.1 Å². The smallest absolute Gasteiger partial charge is 0.321 e. The van der Waals surface area contributed by atoms with E-state index in [1.807, 2.05) is 38.1 Å². The maximum Gasteiger partial charge on any atom is 0.321 e. The van der Waals surface area contributed by atoms with Crippen LogP contribution in [0.25, 0.3) is 0 Å². The molecule has 1 fully saturated rings. The SMILES string of the molecule is CCCCOC(=O)C(CC#Cc1ccc([C@@H]2[C@@H](CC[C@H](OC(C)=O)c3ccc(F)cc3)C(=O)N2c2ccc(O)cc2)cc1)C(=O)OCCCC. The van der Waals surface area contributed by atoms with Gasteiger partial charge in [-0.3, -0.25) is 19.2 Å². The number of hydrogen-bond donors (Lipinski definition) is 1. The molecule has 1 amide bonds. The predicted octanol–water partition coefficient (Wildman–Crippen LogP) is 7.36. The van der Waals surface area contributed by atoms with Gasteiger partial charge in [0.1, 0.15) is 17.7 Å². The van der Waals surface area contributed by atoms with E-state index in [0.29, 0.717) is 42.5 Å². The molecule has 0 radical (unpaired) electrons. The molecule has 1 heterocycles. The topological polar surface area (TPSA) is 119 Å². The second kappa shape index (κ2) is 18.6. The largest absolute Gasteiger partial charge is 0.508 e. The average molecular weight is 686 g/mol. The van der Waals surface area contributed by atoms with E-state index in [2.05, 4.69) is 11.8 Å². The molecule has 1 aliphatic heterocycles. The lowest BCUT2D eigenvalue weighted by Gasteiger charge is -2.48. The summed E-state index contributed by atoms with van der Waals surface area (Å²) in [5, 5.41) is 9.83. The Hall–Kier alpha value is -5.17. The summed E-state index contributed by atoms with van der Waals surface area (Å²) in [7, 11) is 0. The Balaban J connectivity index is 1.52. The van der Waals surface area contributed by atoms with Crippen LogP contribution in [0.5, 0.6) is 5.75 Å². The molecule has 1 saturated heterocycles. The Morgan fingerprint density at radius 3 is 2.04 bits per heavy atom. The highest BCUT2D eigenvalue weighted by Crippen LogP contribution is 2.46. The molecule has 3 atom stereocenters. The van der Waals surface area contributed by atoms with Gasteiger partial charge in [0, 0.05) is 24.6 Å². The fourth-order valence-electron chi connectivity index (χ4n) is 5.73. The van der Waals surface area contributed by atoms with Crippen molar-refractivity contribution in [3.05, 3.63) is 95.3 Å².